The Kier molecular flexibility index (Phi) is 5.58. The Morgan fingerprint density at radius 1 is 1.25 bits per heavy atom. The third-order valence-corrected chi connectivity index (χ3v) is 3.09. The van der Waals surface area contributed by atoms with Crippen LogP contribution in [-0.4, -0.2) is 30.7 Å². The summed E-state index contributed by atoms with van der Waals surface area (Å²) < 4.78 is 0. The van der Waals surface area contributed by atoms with E-state index in [2.05, 4.69) is 10.3 Å². The second-order valence-electron chi connectivity index (χ2n) is 4.19. The van der Waals surface area contributed by atoms with Gasteiger partial charge < -0.3 is 5.32 Å². The van der Waals surface area contributed by atoms with E-state index in [1.54, 1.807) is 18.2 Å². The third-order valence-electron chi connectivity index (χ3n) is 2.69. The lowest BCUT2D eigenvalue weighted by Gasteiger charge is -2.06. The Hall–Kier alpha value is -2.01. The highest BCUT2D eigenvalue weighted by molar-refractivity contribution is 6.36. The molecule has 0 saturated carbocycles. The number of nitrogens with zero attached hydrogens (tertiary/aromatic N) is 1. The van der Waals surface area contributed by atoms with Crippen LogP contribution in [0.2, 0.25) is 5.02 Å². The predicted molar refractivity (Wildman–Crippen MR) is 77.8 cm³/mol. The summed E-state index contributed by atoms with van der Waals surface area (Å²) in [5.41, 5.74) is 0.617. The van der Waals surface area contributed by atoms with Crippen LogP contribution in [0, 0.1) is 5.92 Å². The lowest BCUT2D eigenvalue weighted by molar-refractivity contribution is -0.127. The molecule has 6 heteroatoms. The number of benzene rings is 1. The van der Waals surface area contributed by atoms with Gasteiger partial charge >= 0.3 is 0 Å². The van der Waals surface area contributed by atoms with Gasteiger partial charge in [0, 0.05) is 13.3 Å². The first-order valence-corrected chi connectivity index (χ1v) is 6.32. The summed E-state index contributed by atoms with van der Waals surface area (Å²) in [5.74, 6) is -1.81. The van der Waals surface area contributed by atoms with Crippen LogP contribution < -0.4 is 5.32 Å². The Bertz CT molecular complexity index is 568. The molecule has 0 fully saturated rings. The Balaban J connectivity index is 3.13. The molecule has 1 N–H and O–H groups in total. The summed E-state index contributed by atoms with van der Waals surface area (Å²) in [7, 11) is 1.50. The number of halogens is 1. The number of amides is 1. The smallest absolute Gasteiger partial charge is 0.252 e. The van der Waals surface area contributed by atoms with Crippen molar-refractivity contribution in [1.82, 2.24) is 5.32 Å². The number of hydrogen-bond donors (Lipinski definition) is 1. The number of carbonyl (C=O) groups excluding carboxylic acids is 3. The van der Waals surface area contributed by atoms with E-state index in [0.29, 0.717) is 5.69 Å². The number of nitrogens with one attached hydrogen (secondary N) is 1. The van der Waals surface area contributed by atoms with Gasteiger partial charge in [0.2, 0.25) is 0 Å². The molecule has 0 spiro atoms. The van der Waals surface area contributed by atoms with Crippen molar-refractivity contribution < 1.29 is 14.4 Å². The van der Waals surface area contributed by atoms with Gasteiger partial charge in [-0.2, -0.15) is 0 Å². The molecule has 0 unspecified atom stereocenters. The van der Waals surface area contributed by atoms with Gasteiger partial charge in [-0.15, -0.1) is 0 Å². The minimum absolute atomic E-state index is 0.175. The van der Waals surface area contributed by atoms with Crippen molar-refractivity contribution in [1.29, 1.82) is 0 Å². The highest BCUT2D eigenvalue weighted by atomic mass is 35.5. The van der Waals surface area contributed by atoms with Crippen molar-refractivity contribution in [3.8, 4) is 0 Å². The van der Waals surface area contributed by atoms with E-state index >= 15 is 0 Å². The second kappa shape index (κ2) is 6.96. The summed E-state index contributed by atoms with van der Waals surface area (Å²) in [5, 5.41) is 2.64. The fourth-order valence-electron chi connectivity index (χ4n) is 1.58. The molecule has 0 radical (unpaired) electrons. The van der Waals surface area contributed by atoms with E-state index in [0.717, 1.165) is 0 Å². The fraction of sp³-hybridized carbons (Fsp3) is 0.286. The van der Waals surface area contributed by atoms with E-state index in [9.17, 15) is 14.4 Å². The molecule has 1 rings (SSSR count). The first kappa shape index (κ1) is 16.0. The maximum Gasteiger partial charge on any atom is 0.252 e. The SMILES string of the molecule is CNC(=O)c1cccc(N=CC(C(C)=O)C(C)=O)c1Cl. The van der Waals surface area contributed by atoms with Crippen LogP contribution >= 0.6 is 11.6 Å². The maximum atomic E-state index is 11.6. The lowest BCUT2D eigenvalue weighted by Crippen LogP contribution is -2.20. The van der Waals surface area contributed by atoms with Crippen molar-refractivity contribution in [3.63, 3.8) is 0 Å². The minimum Gasteiger partial charge on any atom is -0.355 e. The molecule has 0 aliphatic carbocycles. The zero-order valence-corrected chi connectivity index (χ0v) is 12.2. The Morgan fingerprint density at radius 3 is 2.35 bits per heavy atom. The van der Waals surface area contributed by atoms with Gasteiger partial charge in [-0.1, -0.05) is 17.7 Å². The van der Waals surface area contributed by atoms with E-state index < -0.39 is 5.92 Å². The van der Waals surface area contributed by atoms with Gasteiger partial charge in [0.15, 0.2) is 0 Å². The molecular formula is C14H15ClN2O3. The summed E-state index contributed by atoms with van der Waals surface area (Å²) in [6, 6.07) is 4.79. The Morgan fingerprint density at radius 2 is 1.85 bits per heavy atom. The molecule has 0 bridgehead atoms. The van der Waals surface area contributed by atoms with E-state index in [1.807, 2.05) is 0 Å². The summed E-state index contributed by atoms with van der Waals surface area (Å²) in [4.78, 5) is 38.2. The van der Waals surface area contributed by atoms with Crippen LogP contribution in [0.4, 0.5) is 5.69 Å². The molecule has 106 valence electrons. The van der Waals surface area contributed by atoms with Crippen LogP contribution in [0.1, 0.15) is 24.2 Å². The third kappa shape index (κ3) is 3.74. The predicted octanol–water partition coefficient (Wildman–Crippen LogP) is 2.20. The van der Waals surface area contributed by atoms with E-state index in [-0.39, 0.29) is 28.1 Å². The topological polar surface area (TPSA) is 75.6 Å². The van der Waals surface area contributed by atoms with Gasteiger partial charge in [0.1, 0.15) is 17.5 Å². The van der Waals surface area contributed by atoms with Crippen molar-refractivity contribution in [2.24, 2.45) is 10.9 Å². The standard InChI is InChI=1S/C14H15ClN2O3/c1-8(18)11(9(2)19)7-17-12-6-4-5-10(13(12)15)14(20)16-3/h4-7,11H,1-3H3,(H,16,20). The number of Topliss-reactive ketones (excluding diaryl/α,β-unsaturated/α-hetero) is 2. The molecule has 1 aromatic carbocycles. The van der Waals surface area contributed by atoms with Crippen LogP contribution in [0.5, 0.6) is 0 Å². The van der Waals surface area contributed by atoms with Crippen molar-refractivity contribution >= 4 is 41.0 Å². The number of hydrogen-bond acceptors (Lipinski definition) is 4. The fourth-order valence-corrected chi connectivity index (χ4v) is 1.84. The highest BCUT2D eigenvalue weighted by Gasteiger charge is 2.17. The molecule has 0 atom stereocenters. The average molecular weight is 295 g/mol. The number of rotatable bonds is 5. The molecule has 1 amide bonds. The first-order chi connectivity index (χ1) is 9.38. The zero-order valence-electron chi connectivity index (χ0n) is 11.4. The number of carbonyl (C=O) groups is 3. The molecule has 0 heterocycles. The molecule has 1 aromatic rings. The first-order valence-electron chi connectivity index (χ1n) is 5.94. The summed E-state index contributed by atoms with van der Waals surface area (Å²) in [6.07, 6.45) is 1.25. The van der Waals surface area contributed by atoms with Crippen molar-refractivity contribution in [2.45, 2.75) is 13.8 Å². The molecule has 0 aliphatic rings. The molecule has 0 aliphatic heterocycles. The van der Waals surface area contributed by atoms with Crippen LogP contribution in [0.3, 0.4) is 0 Å². The largest absolute Gasteiger partial charge is 0.355 e. The van der Waals surface area contributed by atoms with Crippen LogP contribution in [0.25, 0.3) is 0 Å². The minimum atomic E-state index is -0.894. The molecule has 0 aromatic heterocycles. The molecule has 0 saturated heterocycles. The average Bonchev–Trinajstić information content (AvgIpc) is 2.39. The molecule has 20 heavy (non-hydrogen) atoms. The van der Waals surface area contributed by atoms with Gasteiger partial charge in [0.05, 0.1) is 16.3 Å². The number of ketones is 2. The normalized spacial score (nSPS) is 10.8. The van der Waals surface area contributed by atoms with Gasteiger partial charge in [-0.3, -0.25) is 19.4 Å². The zero-order chi connectivity index (χ0) is 15.3. The molecule has 5 nitrogen and oxygen atoms in total. The van der Waals surface area contributed by atoms with E-state index in [1.165, 1.54) is 27.1 Å². The summed E-state index contributed by atoms with van der Waals surface area (Å²) in [6.45, 7) is 2.64. The van der Waals surface area contributed by atoms with Crippen molar-refractivity contribution in [2.75, 3.05) is 7.05 Å². The van der Waals surface area contributed by atoms with Crippen LogP contribution in [0.15, 0.2) is 23.2 Å². The second-order valence-corrected chi connectivity index (χ2v) is 4.57. The summed E-state index contributed by atoms with van der Waals surface area (Å²) >= 11 is 6.08. The molecular weight excluding hydrogens is 280 g/mol. The Labute approximate surface area is 122 Å². The van der Waals surface area contributed by atoms with Crippen molar-refractivity contribution in [3.05, 3.63) is 28.8 Å². The van der Waals surface area contributed by atoms with Gasteiger partial charge in [-0.05, 0) is 26.0 Å². The van der Waals surface area contributed by atoms with Crippen LogP contribution in [-0.2, 0) is 9.59 Å². The maximum absolute atomic E-state index is 11.6. The highest BCUT2D eigenvalue weighted by Crippen LogP contribution is 2.28. The monoisotopic (exact) mass is 294 g/mol. The number of aliphatic imine (C=N–C) groups is 1. The quantitative estimate of drug-likeness (QED) is 0.668. The van der Waals surface area contributed by atoms with Gasteiger partial charge in [-0.25, -0.2) is 0 Å². The van der Waals surface area contributed by atoms with E-state index in [4.69, 9.17) is 11.6 Å². The van der Waals surface area contributed by atoms with Gasteiger partial charge in [0.25, 0.3) is 5.91 Å². The lowest BCUT2D eigenvalue weighted by atomic mass is 10.0.